The molecular weight excluding hydrogens is 494 g/mol. The highest BCUT2D eigenvalue weighted by atomic mass is 32.1. The number of aryl methyl sites for hydroxylation is 3. The highest BCUT2D eigenvalue weighted by molar-refractivity contribution is 7.17. The molecule has 192 valence electrons. The third-order valence-corrected chi connectivity index (χ3v) is 7.65. The molecule has 0 spiro atoms. The van der Waals surface area contributed by atoms with E-state index in [2.05, 4.69) is 11.4 Å². The Labute approximate surface area is 224 Å². The molecule has 0 radical (unpaired) electrons. The summed E-state index contributed by atoms with van der Waals surface area (Å²) in [5, 5.41) is 4.78. The van der Waals surface area contributed by atoms with Crippen molar-refractivity contribution in [2.45, 2.75) is 40.3 Å². The van der Waals surface area contributed by atoms with Gasteiger partial charge >= 0.3 is 5.69 Å². The zero-order valence-corrected chi connectivity index (χ0v) is 22.5. The molecule has 0 aliphatic rings. The average molecular weight is 524 g/mol. The van der Waals surface area contributed by atoms with E-state index >= 15 is 0 Å². The molecule has 0 unspecified atom stereocenters. The summed E-state index contributed by atoms with van der Waals surface area (Å²) in [5.74, 6) is -0.0913. The van der Waals surface area contributed by atoms with Crippen LogP contribution in [0.5, 0.6) is 0 Å². The smallest absolute Gasteiger partial charge is 0.336 e. The average Bonchev–Trinajstić information content (AvgIpc) is 3.39. The van der Waals surface area contributed by atoms with Gasteiger partial charge in [0.05, 0.1) is 24.2 Å². The van der Waals surface area contributed by atoms with Crippen molar-refractivity contribution >= 4 is 27.5 Å². The second-order valence-corrected chi connectivity index (χ2v) is 10.6. The summed E-state index contributed by atoms with van der Waals surface area (Å²) in [5.41, 5.74) is 6.67. The van der Waals surface area contributed by atoms with Gasteiger partial charge in [-0.2, -0.15) is 0 Å². The third-order valence-electron chi connectivity index (χ3n) is 6.76. The lowest BCUT2D eigenvalue weighted by atomic mass is 10.1. The Hall–Kier alpha value is -4.23. The number of hydrogen-bond donors (Lipinski definition) is 1. The number of carbonyl (C=O) groups is 1. The molecule has 0 bridgehead atoms. The number of fused-ring (bicyclic) bond motifs is 1. The zero-order chi connectivity index (χ0) is 26.8. The fourth-order valence-electron chi connectivity index (χ4n) is 4.53. The van der Waals surface area contributed by atoms with Crippen LogP contribution in [0.15, 0.2) is 87.8 Å². The summed E-state index contributed by atoms with van der Waals surface area (Å²) in [6, 6.07) is 23.1. The van der Waals surface area contributed by atoms with E-state index in [4.69, 9.17) is 0 Å². The quantitative estimate of drug-likeness (QED) is 0.325. The monoisotopic (exact) mass is 523 g/mol. The molecule has 0 aliphatic carbocycles. The number of nitrogens with one attached hydrogen (secondary N) is 1. The number of benzene rings is 3. The number of carbonyl (C=O) groups excluding carboxylic acids is 1. The van der Waals surface area contributed by atoms with E-state index in [9.17, 15) is 14.4 Å². The normalized spacial score (nSPS) is 11.1. The van der Waals surface area contributed by atoms with Crippen molar-refractivity contribution in [2.75, 3.05) is 0 Å². The van der Waals surface area contributed by atoms with Crippen LogP contribution in [0.1, 0.15) is 33.4 Å². The van der Waals surface area contributed by atoms with Crippen LogP contribution in [0.4, 0.5) is 0 Å². The van der Waals surface area contributed by atoms with Crippen LogP contribution >= 0.6 is 11.3 Å². The lowest BCUT2D eigenvalue weighted by Gasteiger charge is -2.14. The van der Waals surface area contributed by atoms with Gasteiger partial charge in [0.2, 0.25) is 5.91 Å². The van der Waals surface area contributed by atoms with E-state index in [1.54, 1.807) is 28.8 Å². The Morgan fingerprint density at radius 3 is 2.26 bits per heavy atom. The Kier molecular flexibility index (Phi) is 7.11. The van der Waals surface area contributed by atoms with Gasteiger partial charge in [-0.05, 0) is 66.6 Å². The van der Waals surface area contributed by atoms with Gasteiger partial charge in [0.25, 0.3) is 5.56 Å². The Morgan fingerprint density at radius 1 is 0.842 bits per heavy atom. The first-order valence-electron chi connectivity index (χ1n) is 12.5. The maximum absolute atomic E-state index is 13.7. The Bertz CT molecular complexity index is 1740. The minimum Gasteiger partial charge on any atom is -0.352 e. The standard InChI is InChI=1S/C31H29N3O3S/c1-20-5-8-24(9-6-20)18-32-28(35)17-23-10-12-26(13-11-23)34-30(36)29-27(14-15-38-29)33(31(34)37)19-25-16-21(2)4-7-22(25)3/h4-16H,17-19H2,1-3H3,(H,32,35). The number of thiophene rings is 1. The number of nitrogens with zero attached hydrogens (tertiary/aromatic N) is 2. The molecular formula is C31H29N3O3S. The minimum absolute atomic E-state index is 0.0913. The molecule has 0 aliphatic heterocycles. The van der Waals surface area contributed by atoms with Crippen molar-refractivity contribution in [3.05, 3.63) is 132 Å². The van der Waals surface area contributed by atoms with E-state index in [-0.39, 0.29) is 23.6 Å². The van der Waals surface area contributed by atoms with E-state index in [1.165, 1.54) is 21.5 Å². The number of aromatic nitrogens is 2. The fourth-order valence-corrected chi connectivity index (χ4v) is 5.35. The van der Waals surface area contributed by atoms with Crippen LogP contribution in [0.25, 0.3) is 15.9 Å². The molecule has 3 aromatic carbocycles. The highest BCUT2D eigenvalue weighted by Crippen LogP contribution is 2.19. The highest BCUT2D eigenvalue weighted by Gasteiger charge is 2.17. The predicted molar refractivity (Wildman–Crippen MR) is 153 cm³/mol. The van der Waals surface area contributed by atoms with E-state index in [0.29, 0.717) is 29.0 Å². The zero-order valence-electron chi connectivity index (χ0n) is 21.7. The molecule has 0 saturated carbocycles. The van der Waals surface area contributed by atoms with Gasteiger partial charge in [0.1, 0.15) is 4.70 Å². The third kappa shape index (κ3) is 5.24. The molecule has 1 amide bonds. The summed E-state index contributed by atoms with van der Waals surface area (Å²) in [6.45, 7) is 6.92. The summed E-state index contributed by atoms with van der Waals surface area (Å²) >= 11 is 1.33. The van der Waals surface area contributed by atoms with Gasteiger partial charge in [0, 0.05) is 6.54 Å². The Morgan fingerprint density at radius 2 is 1.53 bits per heavy atom. The molecule has 1 N–H and O–H groups in total. The number of amides is 1. The SMILES string of the molecule is Cc1ccc(CNC(=O)Cc2ccc(-n3c(=O)c4sccc4n(Cc4cc(C)ccc4C)c3=O)cc2)cc1. The van der Waals surface area contributed by atoms with Crippen LogP contribution in [0.2, 0.25) is 0 Å². The van der Waals surface area contributed by atoms with E-state index in [0.717, 1.165) is 27.8 Å². The molecule has 5 rings (SSSR count). The van der Waals surface area contributed by atoms with Crippen molar-refractivity contribution in [2.24, 2.45) is 0 Å². The van der Waals surface area contributed by atoms with Crippen LogP contribution in [-0.2, 0) is 24.3 Å². The van der Waals surface area contributed by atoms with Crippen LogP contribution in [-0.4, -0.2) is 15.0 Å². The largest absolute Gasteiger partial charge is 0.352 e. The number of rotatable bonds is 7. The second kappa shape index (κ2) is 10.6. The van der Waals surface area contributed by atoms with Gasteiger partial charge < -0.3 is 5.32 Å². The molecule has 0 atom stereocenters. The van der Waals surface area contributed by atoms with Gasteiger partial charge in [0.15, 0.2) is 0 Å². The van der Waals surface area contributed by atoms with Crippen molar-refractivity contribution < 1.29 is 4.79 Å². The van der Waals surface area contributed by atoms with Gasteiger partial charge in [-0.3, -0.25) is 14.2 Å². The first kappa shape index (κ1) is 25.4. The number of hydrogen-bond acceptors (Lipinski definition) is 4. The van der Waals surface area contributed by atoms with Crippen molar-refractivity contribution in [1.82, 2.24) is 14.5 Å². The topological polar surface area (TPSA) is 73.1 Å². The van der Waals surface area contributed by atoms with Crippen molar-refractivity contribution in [1.29, 1.82) is 0 Å². The molecule has 2 heterocycles. The van der Waals surface area contributed by atoms with Crippen LogP contribution in [0, 0.1) is 20.8 Å². The molecule has 0 saturated heterocycles. The van der Waals surface area contributed by atoms with E-state index < -0.39 is 0 Å². The molecule has 2 aromatic heterocycles. The minimum atomic E-state index is -0.384. The van der Waals surface area contributed by atoms with Crippen molar-refractivity contribution in [3.8, 4) is 5.69 Å². The maximum Gasteiger partial charge on any atom is 0.336 e. The molecule has 6 nitrogen and oxygen atoms in total. The summed E-state index contributed by atoms with van der Waals surface area (Å²) in [7, 11) is 0. The Balaban J connectivity index is 1.41. The first-order valence-corrected chi connectivity index (χ1v) is 13.4. The fraction of sp³-hybridized carbons (Fsp3) is 0.194. The first-order chi connectivity index (χ1) is 18.3. The maximum atomic E-state index is 13.7. The van der Waals surface area contributed by atoms with Crippen molar-refractivity contribution in [3.63, 3.8) is 0 Å². The lowest BCUT2D eigenvalue weighted by Crippen LogP contribution is -2.38. The molecule has 0 fully saturated rings. The van der Waals surface area contributed by atoms with E-state index in [1.807, 2.05) is 68.6 Å². The second-order valence-electron chi connectivity index (χ2n) is 9.68. The summed E-state index contributed by atoms with van der Waals surface area (Å²) < 4.78 is 3.43. The van der Waals surface area contributed by atoms with Crippen LogP contribution in [0.3, 0.4) is 0 Å². The molecule has 7 heteroatoms. The van der Waals surface area contributed by atoms with Gasteiger partial charge in [-0.25, -0.2) is 9.36 Å². The summed E-state index contributed by atoms with van der Waals surface area (Å²) in [4.78, 5) is 39.5. The predicted octanol–water partition coefficient (Wildman–Crippen LogP) is 5.05. The van der Waals surface area contributed by atoms with Gasteiger partial charge in [-0.1, -0.05) is 65.7 Å². The lowest BCUT2D eigenvalue weighted by molar-refractivity contribution is -0.120. The van der Waals surface area contributed by atoms with Gasteiger partial charge in [-0.15, -0.1) is 11.3 Å². The van der Waals surface area contributed by atoms with Crippen LogP contribution < -0.4 is 16.6 Å². The molecule has 38 heavy (non-hydrogen) atoms. The molecule has 5 aromatic rings. The summed E-state index contributed by atoms with van der Waals surface area (Å²) in [6.07, 6.45) is 0.210.